The smallest absolute Gasteiger partial charge is 0.242 e. The first-order chi connectivity index (χ1) is 8.79. The molecule has 0 aromatic carbocycles. The predicted octanol–water partition coefficient (Wildman–Crippen LogP) is -0.671. The minimum atomic E-state index is 0.0583. The van der Waals surface area contributed by atoms with Gasteiger partial charge >= 0.3 is 0 Å². The van der Waals surface area contributed by atoms with Crippen molar-refractivity contribution in [2.75, 3.05) is 45.2 Å². The maximum absolute atomic E-state index is 11.9. The Morgan fingerprint density at radius 2 is 2.33 bits per heavy atom. The number of ether oxygens (including phenoxy) is 1. The second-order valence-corrected chi connectivity index (χ2v) is 3.91. The number of hydrogen-bond donors (Lipinski definition) is 2. The minimum Gasteiger partial charge on any atom is -0.481 e. The first-order valence-corrected chi connectivity index (χ1v) is 5.89. The number of carbonyl (C=O) groups excluding carboxylic acids is 1. The normalized spacial score (nSPS) is 15.3. The molecular weight excluding hydrogens is 234 g/mol. The molecule has 7 heteroatoms. The highest BCUT2D eigenvalue weighted by Gasteiger charge is 2.15. The maximum atomic E-state index is 11.9. The summed E-state index contributed by atoms with van der Waals surface area (Å²) in [4.78, 5) is 21.8. The summed E-state index contributed by atoms with van der Waals surface area (Å²) in [5, 5.41) is 6.11. The van der Waals surface area contributed by atoms with E-state index in [0.717, 1.165) is 26.2 Å². The molecule has 0 saturated carbocycles. The quantitative estimate of drug-likeness (QED) is 0.739. The van der Waals surface area contributed by atoms with Gasteiger partial charge in [-0.25, -0.2) is 4.98 Å². The molecule has 1 fully saturated rings. The monoisotopic (exact) mass is 251 g/mol. The zero-order valence-corrected chi connectivity index (χ0v) is 10.3. The highest BCUT2D eigenvalue weighted by Crippen LogP contribution is 2.06. The summed E-state index contributed by atoms with van der Waals surface area (Å²) in [6, 6.07) is 1.66. The van der Waals surface area contributed by atoms with Crippen molar-refractivity contribution in [1.29, 1.82) is 0 Å². The molecule has 1 saturated heterocycles. The van der Waals surface area contributed by atoms with E-state index in [9.17, 15) is 4.79 Å². The Morgan fingerprint density at radius 1 is 1.56 bits per heavy atom. The van der Waals surface area contributed by atoms with Crippen LogP contribution in [0.5, 0.6) is 5.88 Å². The van der Waals surface area contributed by atoms with Crippen LogP contribution in [0, 0.1) is 0 Å². The molecule has 18 heavy (non-hydrogen) atoms. The molecule has 98 valence electrons. The SMILES string of the molecule is COc1ccnc(NCC(=O)N2CCNCC2)n1. The molecule has 0 unspecified atom stereocenters. The number of nitrogens with one attached hydrogen (secondary N) is 2. The van der Waals surface area contributed by atoms with Gasteiger partial charge in [-0.3, -0.25) is 4.79 Å². The van der Waals surface area contributed by atoms with Crippen molar-refractivity contribution in [3.63, 3.8) is 0 Å². The zero-order chi connectivity index (χ0) is 12.8. The van der Waals surface area contributed by atoms with Crippen LogP contribution >= 0.6 is 0 Å². The van der Waals surface area contributed by atoms with Gasteiger partial charge in [0.2, 0.25) is 17.7 Å². The molecule has 1 aliphatic rings. The Morgan fingerprint density at radius 3 is 3.06 bits per heavy atom. The number of aromatic nitrogens is 2. The van der Waals surface area contributed by atoms with Gasteiger partial charge in [0.15, 0.2) is 0 Å². The summed E-state index contributed by atoms with van der Waals surface area (Å²) in [5.74, 6) is 0.933. The van der Waals surface area contributed by atoms with Crippen molar-refractivity contribution in [2.24, 2.45) is 0 Å². The van der Waals surface area contributed by atoms with Gasteiger partial charge in [-0.1, -0.05) is 0 Å². The van der Waals surface area contributed by atoms with Crippen LogP contribution in [0.3, 0.4) is 0 Å². The lowest BCUT2D eigenvalue weighted by molar-refractivity contribution is -0.129. The van der Waals surface area contributed by atoms with Crippen LogP contribution in [0.1, 0.15) is 0 Å². The highest BCUT2D eigenvalue weighted by atomic mass is 16.5. The molecule has 0 spiro atoms. The van der Waals surface area contributed by atoms with Gasteiger partial charge in [0, 0.05) is 38.4 Å². The number of rotatable bonds is 4. The van der Waals surface area contributed by atoms with Crippen LogP contribution in [0.4, 0.5) is 5.95 Å². The summed E-state index contributed by atoms with van der Waals surface area (Å²) in [6.45, 7) is 3.40. The Hall–Kier alpha value is -1.89. The van der Waals surface area contributed by atoms with Crippen molar-refractivity contribution in [1.82, 2.24) is 20.2 Å². The molecule has 2 N–H and O–H groups in total. The van der Waals surface area contributed by atoms with E-state index in [1.165, 1.54) is 7.11 Å². The number of hydrogen-bond acceptors (Lipinski definition) is 6. The predicted molar refractivity (Wildman–Crippen MR) is 66.5 cm³/mol. The van der Waals surface area contributed by atoms with Gasteiger partial charge in [0.25, 0.3) is 0 Å². The molecule has 2 rings (SSSR count). The second kappa shape index (κ2) is 6.15. The number of amides is 1. The summed E-state index contributed by atoms with van der Waals surface area (Å²) in [7, 11) is 1.54. The van der Waals surface area contributed by atoms with E-state index in [1.807, 2.05) is 4.90 Å². The second-order valence-electron chi connectivity index (χ2n) is 3.91. The summed E-state index contributed by atoms with van der Waals surface area (Å²) in [6.07, 6.45) is 1.59. The minimum absolute atomic E-state index is 0.0583. The molecule has 1 amide bonds. The molecule has 0 radical (unpaired) electrons. The average molecular weight is 251 g/mol. The fraction of sp³-hybridized carbons (Fsp3) is 0.545. The first kappa shape index (κ1) is 12.6. The van der Waals surface area contributed by atoms with E-state index in [0.29, 0.717) is 11.8 Å². The molecule has 0 bridgehead atoms. The fourth-order valence-electron chi connectivity index (χ4n) is 1.72. The van der Waals surface area contributed by atoms with Crippen LogP contribution < -0.4 is 15.4 Å². The summed E-state index contributed by atoms with van der Waals surface area (Å²) >= 11 is 0. The van der Waals surface area contributed by atoms with Gasteiger partial charge in [-0.05, 0) is 0 Å². The number of anilines is 1. The average Bonchev–Trinajstić information content (AvgIpc) is 2.46. The lowest BCUT2D eigenvalue weighted by Crippen LogP contribution is -2.48. The van der Waals surface area contributed by atoms with Gasteiger partial charge < -0.3 is 20.3 Å². The van der Waals surface area contributed by atoms with Crippen molar-refractivity contribution in [3.8, 4) is 5.88 Å². The third-order valence-corrected chi connectivity index (χ3v) is 2.71. The molecule has 1 aromatic heterocycles. The number of carbonyl (C=O) groups is 1. The summed E-state index contributed by atoms with van der Waals surface area (Å²) in [5.41, 5.74) is 0. The van der Waals surface area contributed by atoms with Crippen LogP contribution in [-0.2, 0) is 4.79 Å². The molecule has 1 aromatic rings. The van der Waals surface area contributed by atoms with Gasteiger partial charge in [0.05, 0.1) is 13.7 Å². The zero-order valence-electron chi connectivity index (χ0n) is 10.3. The molecular formula is C11H17N5O2. The molecule has 0 atom stereocenters. The van der Waals surface area contributed by atoms with Crippen molar-refractivity contribution >= 4 is 11.9 Å². The summed E-state index contributed by atoms with van der Waals surface area (Å²) < 4.78 is 4.98. The Balaban J connectivity index is 1.84. The van der Waals surface area contributed by atoms with Crippen LogP contribution in [0.15, 0.2) is 12.3 Å². The standard InChI is InChI=1S/C11H17N5O2/c1-18-9-2-3-13-11(15-9)14-8-10(17)16-6-4-12-5-7-16/h2-3,12H,4-8H2,1H3,(H,13,14,15). The number of methoxy groups -OCH3 is 1. The van der Waals surface area contributed by atoms with E-state index in [-0.39, 0.29) is 12.5 Å². The van der Waals surface area contributed by atoms with E-state index in [2.05, 4.69) is 20.6 Å². The number of nitrogens with zero attached hydrogens (tertiary/aromatic N) is 3. The van der Waals surface area contributed by atoms with Gasteiger partial charge in [-0.15, -0.1) is 0 Å². The lowest BCUT2D eigenvalue weighted by Gasteiger charge is -2.27. The third kappa shape index (κ3) is 3.30. The van der Waals surface area contributed by atoms with Crippen molar-refractivity contribution in [2.45, 2.75) is 0 Å². The van der Waals surface area contributed by atoms with Crippen LogP contribution in [-0.4, -0.2) is 60.6 Å². The first-order valence-electron chi connectivity index (χ1n) is 5.89. The molecule has 1 aliphatic heterocycles. The van der Waals surface area contributed by atoms with Crippen LogP contribution in [0.25, 0.3) is 0 Å². The Bertz CT molecular complexity index is 406. The third-order valence-electron chi connectivity index (χ3n) is 2.71. The highest BCUT2D eigenvalue weighted by molar-refractivity contribution is 5.80. The van der Waals surface area contributed by atoms with Crippen LogP contribution in [0.2, 0.25) is 0 Å². The van der Waals surface area contributed by atoms with E-state index in [4.69, 9.17) is 4.74 Å². The largest absolute Gasteiger partial charge is 0.481 e. The maximum Gasteiger partial charge on any atom is 0.242 e. The van der Waals surface area contributed by atoms with E-state index < -0.39 is 0 Å². The Kier molecular flexibility index (Phi) is 4.30. The Labute approximate surface area is 106 Å². The fourth-order valence-corrected chi connectivity index (χ4v) is 1.72. The number of piperazine rings is 1. The molecule has 7 nitrogen and oxygen atoms in total. The van der Waals surface area contributed by atoms with Crippen molar-refractivity contribution < 1.29 is 9.53 Å². The molecule has 0 aliphatic carbocycles. The van der Waals surface area contributed by atoms with E-state index in [1.54, 1.807) is 12.3 Å². The topological polar surface area (TPSA) is 79.4 Å². The van der Waals surface area contributed by atoms with Crippen molar-refractivity contribution in [3.05, 3.63) is 12.3 Å². The lowest BCUT2D eigenvalue weighted by atomic mass is 10.3. The molecule has 2 heterocycles. The van der Waals surface area contributed by atoms with Gasteiger partial charge in [0.1, 0.15) is 0 Å². The van der Waals surface area contributed by atoms with Gasteiger partial charge in [-0.2, -0.15) is 4.98 Å². The van der Waals surface area contributed by atoms with E-state index >= 15 is 0 Å².